The summed E-state index contributed by atoms with van der Waals surface area (Å²) < 4.78 is 10.6. The molecule has 1 aliphatic heterocycles. The van der Waals surface area contributed by atoms with E-state index >= 15 is 0 Å². The highest BCUT2D eigenvalue weighted by Crippen LogP contribution is 2.28. The van der Waals surface area contributed by atoms with Crippen molar-refractivity contribution < 1.29 is 19.4 Å². The van der Waals surface area contributed by atoms with Crippen molar-refractivity contribution >= 4 is 23.4 Å². The van der Waals surface area contributed by atoms with Gasteiger partial charge in [-0.1, -0.05) is 0 Å². The highest BCUT2D eigenvalue weighted by atomic mass is 16.5. The highest BCUT2D eigenvalue weighted by Gasteiger charge is 2.23. The number of anilines is 3. The summed E-state index contributed by atoms with van der Waals surface area (Å²) in [5, 5.41) is 12.3. The number of carboxylic acid groups (broad SMARTS) is 1. The molecule has 1 aromatic carbocycles. The first-order chi connectivity index (χ1) is 14.0. The number of hydrogen-bond donors (Lipinski definition) is 2. The molecular weight excluding hydrogens is 374 g/mol. The smallest absolute Gasteiger partial charge is 0.407 e. The topological polar surface area (TPSA) is 100 Å². The summed E-state index contributed by atoms with van der Waals surface area (Å²) in [7, 11) is 5.21. The fourth-order valence-corrected chi connectivity index (χ4v) is 3.44. The fourth-order valence-electron chi connectivity index (χ4n) is 3.44. The van der Waals surface area contributed by atoms with Gasteiger partial charge in [-0.2, -0.15) is 0 Å². The van der Waals surface area contributed by atoms with Crippen molar-refractivity contribution in [3.8, 4) is 11.5 Å². The number of hydrogen-bond acceptors (Lipinski definition) is 7. The number of likely N-dealkylation sites (tertiary alicyclic amines) is 1. The second kappa shape index (κ2) is 9.31. The molecule has 2 aromatic rings. The molecule has 0 spiro atoms. The van der Waals surface area contributed by atoms with Crippen molar-refractivity contribution in [3.05, 3.63) is 30.6 Å². The van der Waals surface area contributed by atoms with Crippen LogP contribution in [0.5, 0.6) is 11.5 Å². The van der Waals surface area contributed by atoms with E-state index in [-0.39, 0.29) is 0 Å². The van der Waals surface area contributed by atoms with E-state index in [0.717, 1.165) is 30.9 Å². The minimum Gasteiger partial charge on any atom is -0.497 e. The van der Waals surface area contributed by atoms with E-state index in [2.05, 4.69) is 20.2 Å². The molecule has 9 nitrogen and oxygen atoms in total. The van der Waals surface area contributed by atoms with Crippen molar-refractivity contribution in [1.29, 1.82) is 0 Å². The first kappa shape index (κ1) is 20.5. The Morgan fingerprint density at radius 3 is 2.41 bits per heavy atom. The maximum Gasteiger partial charge on any atom is 0.407 e. The number of ether oxygens (including phenoxy) is 2. The molecule has 1 saturated heterocycles. The summed E-state index contributed by atoms with van der Waals surface area (Å²) in [5.74, 6) is 3.28. The quantitative estimate of drug-likeness (QED) is 0.730. The lowest BCUT2D eigenvalue weighted by Gasteiger charge is -2.32. The zero-order valence-corrected chi connectivity index (χ0v) is 17.0. The van der Waals surface area contributed by atoms with Crippen LogP contribution in [0.15, 0.2) is 30.6 Å². The second-order valence-electron chi connectivity index (χ2n) is 7.08. The molecule has 1 amide bonds. The zero-order valence-electron chi connectivity index (χ0n) is 17.0. The van der Waals surface area contributed by atoms with Crippen molar-refractivity contribution in [3.63, 3.8) is 0 Å². The average molecular weight is 401 g/mol. The van der Waals surface area contributed by atoms with Crippen LogP contribution < -0.4 is 19.7 Å². The van der Waals surface area contributed by atoms with Gasteiger partial charge in [-0.05, 0) is 18.8 Å². The summed E-state index contributed by atoms with van der Waals surface area (Å²) in [6.45, 7) is 1.99. The predicted molar refractivity (Wildman–Crippen MR) is 110 cm³/mol. The zero-order chi connectivity index (χ0) is 20.8. The lowest BCUT2D eigenvalue weighted by molar-refractivity contribution is 0.125. The van der Waals surface area contributed by atoms with Crippen molar-refractivity contribution in [2.75, 3.05) is 51.1 Å². The van der Waals surface area contributed by atoms with E-state index in [0.29, 0.717) is 36.3 Å². The van der Waals surface area contributed by atoms with Crippen molar-refractivity contribution in [1.82, 2.24) is 14.9 Å². The lowest BCUT2D eigenvalue weighted by Crippen LogP contribution is -2.40. The van der Waals surface area contributed by atoms with Crippen LogP contribution in [-0.4, -0.2) is 67.0 Å². The Morgan fingerprint density at radius 2 is 1.83 bits per heavy atom. The number of rotatable bonds is 7. The minimum atomic E-state index is -0.836. The molecule has 29 heavy (non-hydrogen) atoms. The third kappa shape index (κ3) is 5.40. The molecule has 1 aromatic heterocycles. The SMILES string of the molecule is COc1cc(Nc2cc(N(C)CC3CCN(C(=O)O)CC3)ncn2)cc(OC)c1. The van der Waals surface area contributed by atoms with Gasteiger partial charge in [0.25, 0.3) is 0 Å². The minimum absolute atomic E-state index is 0.435. The van der Waals surface area contributed by atoms with Gasteiger partial charge in [-0.25, -0.2) is 14.8 Å². The van der Waals surface area contributed by atoms with Crippen LogP contribution in [-0.2, 0) is 0 Å². The van der Waals surface area contributed by atoms with Crippen LogP contribution in [0, 0.1) is 5.92 Å². The number of nitrogens with one attached hydrogen (secondary N) is 1. The third-order valence-electron chi connectivity index (χ3n) is 5.08. The number of benzene rings is 1. The summed E-state index contributed by atoms with van der Waals surface area (Å²) in [4.78, 5) is 23.3. The summed E-state index contributed by atoms with van der Waals surface area (Å²) in [6, 6.07) is 7.42. The van der Waals surface area contributed by atoms with Crippen molar-refractivity contribution in [2.45, 2.75) is 12.8 Å². The Kier molecular flexibility index (Phi) is 6.58. The monoisotopic (exact) mass is 401 g/mol. The molecule has 156 valence electrons. The van der Waals surface area contributed by atoms with Gasteiger partial charge in [0.15, 0.2) is 0 Å². The molecule has 0 aliphatic carbocycles. The molecule has 0 unspecified atom stereocenters. The van der Waals surface area contributed by atoms with E-state index < -0.39 is 6.09 Å². The van der Waals surface area contributed by atoms with Crippen LogP contribution in [0.1, 0.15) is 12.8 Å². The van der Waals surface area contributed by atoms with E-state index in [9.17, 15) is 4.79 Å². The third-order valence-corrected chi connectivity index (χ3v) is 5.08. The molecule has 1 aliphatic rings. The Hall–Kier alpha value is -3.23. The molecule has 3 rings (SSSR count). The van der Waals surface area contributed by atoms with Gasteiger partial charge in [0.2, 0.25) is 0 Å². The maximum absolute atomic E-state index is 11.0. The van der Waals surface area contributed by atoms with Crippen LogP contribution in [0.25, 0.3) is 0 Å². The van der Waals surface area contributed by atoms with Crippen LogP contribution in [0.3, 0.4) is 0 Å². The van der Waals surface area contributed by atoms with E-state index in [1.807, 2.05) is 25.2 Å². The fraction of sp³-hybridized carbons (Fsp3) is 0.450. The summed E-state index contributed by atoms with van der Waals surface area (Å²) >= 11 is 0. The first-order valence-corrected chi connectivity index (χ1v) is 9.49. The largest absolute Gasteiger partial charge is 0.497 e. The average Bonchev–Trinajstić information content (AvgIpc) is 2.74. The molecule has 0 atom stereocenters. The summed E-state index contributed by atoms with van der Waals surface area (Å²) in [5.41, 5.74) is 0.801. The number of methoxy groups -OCH3 is 2. The van der Waals surface area contributed by atoms with Gasteiger partial charge >= 0.3 is 6.09 Å². The molecule has 0 bridgehead atoms. The Morgan fingerprint density at radius 1 is 1.17 bits per heavy atom. The van der Waals surface area contributed by atoms with Crippen LogP contribution >= 0.6 is 0 Å². The molecule has 9 heteroatoms. The van der Waals surface area contributed by atoms with Crippen LogP contribution in [0.4, 0.5) is 22.1 Å². The molecule has 0 radical (unpaired) electrons. The summed E-state index contributed by atoms with van der Waals surface area (Å²) in [6.07, 6.45) is 2.41. The van der Waals surface area contributed by atoms with Gasteiger partial charge < -0.3 is 29.7 Å². The molecular formula is C20H27N5O4. The van der Waals surface area contributed by atoms with Gasteiger partial charge in [0.05, 0.1) is 14.2 Å². The van der Waals surface area contributed by atoms with Gasteiger partial charge in [-0.3, -0.25) is 0 Å². The molecule has 0 saturated carbocycles. The maximum atomic E-state index is 11.0. The number of piperidine rings is 1. The molecule has 1 fully saturated rings. The normalized spacial score (nSPS) is 14.4. The van der Waals surface area contributed by atoms with E-state index in [1.54, 1.807) is 20.3 Å². The molecule has 2 N–H and O–H groups in total. The number of carbonyl (C=O) groups is 1. The van der Waals surface area contributed by atoms with Crippen molar-refractivity contribution in [2.24, 2.45) is 5.92 Å². The Balaban J connectivity index is 1.64. The van der Waals surface area contributed by atoms with Gasteiger partial charge in [0.1, 0.15) is 29.5 Å². The van der Waals surface area contributed by atoms with Gasteiger partial charge in [-0.15, -0.1) is 0 Å². The van der Waals surface area contributed by atoms with E-state index in [4.69, 9.17) is 14.6 Å². The molecule has 2 heterocycles. The predicted octanol–water partition coefficient (Wildman–Crippen LogP) is 3.06. The highest BCUT2D eigenvalue weighted by molar-refractivity contribution is 5.65. The van der Waals surface area contributed by atoms with Gasteiger partial charge in [0, 0.05) is 56.6 Å². The van der Waals surface area contributed by atoms with E-state index in [1.165, 1.54) is 11.2 Å². The Labute approximate surface area is 170 Å². The number of nitrogens with zero attached hydrogens (tertiary/aromatic N) is 4. The van der Waals surface area contributed by atoms with Crippen LogP contribution in [0.2, 0.25) is 0 Å². The number of aromatic nitrogens is 2. The standard InChI is InChI=1S/C20H27N5O4/c1-24(12-14-4-6-25(7-5-14)20(26)27)19-11-18(21-13-22-19)23-15-8-16(28-2)10-17(9-15)29-3/h8-11,13-14H,4-7,12H2,1-3H3,(H,26,27)(H,21,22,23). The Bertz CT molecular complexity index is 817. The second-order valence-corrected chi connectivity index (χ2v) is 7.08. The lowest BCUT2D eigenvalue weighted by atomic mass is 9.96. The number of amides is 1. The first-order valence-electron chi connectivity index (χ1n) is 9.49.